The van der Waals surface area contributed by atoms with Crippen molar-refractivity contribution in [2.24, 2.45) is 0 Å². The first-order valence-corrected chi connectivity index (χ1v) is 7.30. The zero-order chi connectivity index (χ0) is 15.1. The zero-order valence-electron chi connectivity index (χ0n) is 12.6. The minimum atomic E-state index is -0.0103. The minimum absolute atomic E-state index is 0.0103. The van der Waals surface area contributed by atoms with Gasteiger partial charge in [0.15, 0.2) is 12.4 Å². The Balaban J connectivity index is 2.00. The fourth-order valence-electron chi connectivity index (χ4n) is 2.22. The lowest BCUT2D eigenvalue weighted by Gasteiger charge is -2.21. The number of hydrogen-bond donors (Lipinski definition) is 0. The molecule has 0 saturated heterocycles. The molecular formula is C18H21NO2. The van der Waals surface area contributed by atoms with E-state index in [2.05, 4.69) is 24.8 Å². The molecule has 0 heterocycles. The second kappa shape index (κ2) is 7.48. The summed E-state index contributed by atoms with van der Waals surface area (Å²) in [6.07, 6.45) is 0. The van der Waals surface area contributed by atoms with E-state index in [0.717, 1.165) is 24.5 Å². The number of benzene rings is 2. The van der Waals surface area contributed by atoms with Crippen LogP contribution in [0.5, 0.6) is 5.75 Å². The van der Waals surface area contributed by atoms with Crippen LogP contribution in [0, 0.1) is 0 Å². The summed E-state index contributed by atoms with van der Waals surface area (Å²) in [5.41, 5.74) is 1.79. The van der Waals surface area contributed by atoms with Crippen LogP contribution in [-0.2, 0) is 0 Å². The molecule has 2 aromatic rings. The Morgan fingerprint density at radius 3 is 2.38 bits per heavy atom. The number of Topliss-reactive ketones (excluding diaryl/α,β-unsaturated/α-hetero) is 1. The van der Waals surface area contributed by atoms with Crippen LogP contribution in [0.1, 0.15) is 24.2 Å². The molecule has 21 heavy (non-hydrogen) atoms. The number of carbonyl (C=O) groups is 1. The van der Waals surface area contributed by atoms with E-state index < -0.39 is 0 Å². The van der Waals surface area contributed by atoms with E-state index in [0.29, 0.717) is 5.56 Å². The van der Waals surface area contributed by atoms with Crippen LogP contribution in [0.15, 0.2) is 54.6 Å². The van der Waals surface area contributed by atoms with Crippen molar-refractivity contribution in [1.82, 2.24) is 0 Å². The van der Waals surface area contributed by atoms with Gasteiger partial charge >= 0.3 is 0 Å². The Hall–Kier alpha value is -2.29. The number of ketones is 1. The Bertz CT molecular complexity index is 577. The molecule has 0 aliphatic carbocycles. The van der Waals surface area contributed by atoms with Gasteiger partial charge in [0, 0.05) is 30.4 Å². The summed E-state index contributed by atoms with van der Waals surface area (Å²) in [5.74, 6) is 0.715. The Morgan fingerprint density at radius 2 is 1.71 bits per heavy atom. The largest absolute Gasteiger partial charge is 0.485 e. The SMILES string of the molecule is CCN(CC)c1cccc(OCC(=O)c2ccccc2)c1. The van der Waals surface area contributed by atoms with E-state index in [4.69, 9.17) is 4.74 Å². The smallest absolute Gasteiger partial charge is 0.200 e. The molecule has 3 heteroatoms. The van der Waals surface area contributed by atoms with Crippen molar-refractivity contribution in [3.63, 3.8) is 0 Å². The van der Waals surface area contributed by atoms with Crippen LogP contribution in [0.2, 0.25) is 0 Å². The molecule has 0 unspecified atom stereocenters. The van der Waals surface area contributed by atoms with E-state index in [1.54, 1.807) is 12.1 Å². The van der Waals surface area contributed by atoms with Crippen LogP contribution in [0.25, 0.3) is 0 Å². The molecule has 0 saturated carbocycles. The molecule has 0 amide bonds. The van der Waals surface area contributed by atoms with E-state index in [-0.39, 0.29) is 12.4 Å². The molecule has 3 nitrogen and oxygen atoms in total. The maximum Gasteiger partial charge on any atom is 0.200 e. The first-order chi connectivity index (χ1) is 10.2. The summed E-state index contributed by atoms with van der Waals surface area (Å²) in [4.78, 5) is 14.3. The molecule has 0 N–H and O–H groups in total. The van der Waals surface area contributed by atoms with Crippen LogP contribution in [-0.4, -0.2) is 25.5 Å². The molecule has 0 aliphatic rings. The second-order valence-corrected chi connectivity index (χ2v) is 4.75. The minimum Gasteiger partial charge on any atom is -0.485 e. The summed E-state index contributed by atoms with van der Waals surface area (Å²) >= 11 is 0. The number of carbonyl (C=O) groups excluding carboxylic acids is 1. The van der Waals surface area contributed by atoms with Crippen molar-refractivity contribution < 1.29 is 9.53 Å². The molecule has 0 aromatic heterocycles. The third-order valence-corrected chi connectivity index (χ3v) is 3.41. The van der Waals surface area contributed by atoms with Gasteiger partial charge in [-0.1, -0.05) is 36.4 Å². The number of rotatable bonds is 7. The van der Waals surface area contributed by atoms with Gasteiger partial charge < -0.3 is 9.64 Å². The number of hydrogen-bond acceptors (Lipinski definition) is 3. The first kappa shape index (κ1) is 15.1. The molecule has 0 spiro atoms. The summed E-state index contributed by atoms with van der Waals surface area (Å²) in [6, 6.07) is 17.1. The molecular weight excluding hydrogens is 262 g/mol. The van der Waals surface area contributed by atoms with Crippen LogP contribution in [0.3, 0.4) is 0 Å². The number of anilines is 1. The lowest BCUT2D eigenvalue weighted by Crippen LogP contribution is -2.21. The molecule has 0 aliphatic heterocycles. The highest BCUT2D eigenvalue weighted by atomic mass is 16.5. The van der Waals surface area contributed by atoms with Crippen molar-refractivity contribution in [2.45, 2.75) is 13.8 Å². The van der Waals surface area contributed by atoms with Gasteiger partial charge in [-0.2, -0.15) is 0 Å². The molecule has 2 rings (SSSR count). The topological polar surface area (TPSA) is 29.5 Å². The van der Waals surface area contributed by atoms with Gasteiger partial charge in [-0.15, -0.1) is 0 Å². The highest BCUT2D eigenvalue weighted by Crippen LogP contribution is 2.21. The molecule has 0 bridgehead atoms. The molecule has 0 fully saturated rings. The fraction of sp³-hybridized carbons (Fsp3) is 0.278. The number of ether oxygens (including phenoxy) is 1. The fourth-order valence-corrected chi connectivity index (χ4v) is 2.22. The van der Waals surface area contributed by atoms with Crippen molar-refractivity contribution in [3.05, 3.63) is 60.2 Å². The Labute approximate surface area is 126 Å². The third-order valence-electron chi connectivity index (χ3n) is 3.41. The van der Waals surface area contributed by atoms with Crippen molar-refractivity contribution in [1.29, 1.82) is 0 Å². The van der Waals surface area contributed by atoms with Crippen molar-refractivity contribution in [3.8, 4) is 5.75 Å². The van der Waals surface area contributed by atoms with Crippen LogP contribution < -0.4 is 9.64 Å². The second-order valence-electron chi connectivity index (χ2n) is 4.75. The van der Waals surface area contributed by atoms with Crippen molar-refractivity contribution in [2.75, 3.05) is 24.6 Å². The maximum atomic E-state index is 12.0. The zero-order valence-corrected chi connectivity index (χ0v) is 12.6. The van der Waals surface area contributed by atoms with E-state index in [9.17, 15) is 4.79 Å². The summed E-state index contributed by atoms with van der Waals surface area (Å²) in [5, 5.41) is 0. The third kappa shape index (κ3) is 4.09. The highest BCUT2D eigenvalue weighted by molar-refractivity contribution is 5.97. The van der Waals surface area contributed by atoms with Crippen LogP contribution in [0.4, 0.5) is 5.69 Å². The quantitative estimate of drug-likeness (QED) is 0.724. The average molecular weight is 283 g/mol. The summed E-state index contributed by atoms with van der Waals surface area (Å²) in [6.45, 7) is 6.20. The Kier molecular flexibility index (Phi) is 5.38. The first-order valence-electron chi connectivity index (χ1n) is 7.30. The molecule has 0 atom stereocenters. The predicted molar refractivity (Wildman–Crippen MR) is 86.3 cm³/mol. The molecule has 0 radical (unpaired) electrons. The maximum absolute atomic E-state index is 12.0. The molecule has 110 valence electrons. The van der Waals surface area contributed by atoms with E-state index >= 15 is 0 Å². The van der Waals surface area contributed by atoms with Gasteiger partial charge in [-0.05, 0) is 26.0 Å². The number of nitrogens with zero attached hydrogens (tertiary/aromatic N) is 1. The predicted octanol–water partition coefficient (Wildman–Crippen LogP) is 3.79. The van der Waals surface area contributed by atoms with E-state index in [1.807, 2.05) is 36.4 Å². The lowest BCUT2D eigenvalue weighted by atomic mass is 10.1. The van der Waals surface area contributed by atoms with Gasteiger partial charge in [0.2, 0.25) is 0 Å². The van der Waals surface area contributed by atoms with Gasteiger partial charge in [0.1, 0.15) is 5.75 Å². The van der Waals surface area contributed by atoms with Gasteiger partial charge in [0.05, 0.1) is 0 Å². The summed E-state index contributed by atoms with van der Waals surface area (Å²) < 4.78 is 5.63. The van der Waals surface area contributed by atoms with Gasteiger partial charge in [-0.3, -0.25) is 4.79 Å². The Morgan fingerprint density at radius 1 is 1.00 bits per heavy atom. The van der Waals surface area contributed by atoms with E-state index in [1.165, 1.54) is 0 Å². The van der Waals surface area contributed by atoms with Gasteiger partial charge in [0.25, 0.3) is 0 Å². The normalized spacial score (nSPS) is 10.2. The highest BCUT2D eigenvalue weighted by Gasteiger charge is 2.07. The monoisotopic (exact) mass is 283 g/mol. The molecule has 2 aromatic carbocycles. The van der Waals surface area contributed by atoms with Crippen LogP contribution >= 0.6 is 0 Å². The average Bonchev–Trinajstić information content (AvgIpc) is 2.55. The van der Waals surface area contributed by atoms with Gasteiger partial charge in [-0.25, -0.2) is 0 Å². The lowest BCUT2D eigenvalue weighted by molar-refractivity contribution is 0.0921. The standard InChI is InChI=1S/C18H21NO2/c1-3-19(4-2)16-11-8-12-17(13-16)21-14-18(20)15-9-6-5-7-10-15/h5-13H,3-4,14H2,1-2H3. The summed E-state index contributed by atoms with van der Waals surface area (Å²) in [7, 11) is 0. The van der Waals surface area contributed by atoms with Crippen molar-refractivity contribution >= 4 is 11.5 Å².